The summed E-state index contributed by atoms with van der Waals surface area (Å²) in [5.74, 6) is -0.0852. The second-order valence-corrected chi connectivity index (χ2v) is 5.06. The number of benzene rings is 1. The van der Waals surface area contributed by atoms with Gasteiger partial charge in [-0.25, -0.2) is 4.98 Å². The zero-order valence-corrected chi connectivity index (χ0v) is 12.3. The van der Waals surface area contributed by atoms with Crippen LogP contribution in [0, 0.1) is 0 Å². The Hall–Kier alpha value is -2.66. The molecule has 112 valence electrons. The van der Waals surface area contributed by atoms with E-state index < -0.39 is 0 Å². The van der Waals surface area contributed by atoms with E-state index in [4.69, 9.17) is 4.74 Å². The number of rotatable bonds is 5. The minimum Gasteiger partial charge on any atom is -0.380 e. The molecule has 2 heterocycles. The monoisotopic (exact) mass is 295 g/mol. The Labute approximate surface area is 128 Å². The number of nitrogens with one attached hydrogen (secondary N) is 1. The largest absolute Gasteiger partial charge is 0.380 e. The van der Waals surface area contributed by atoms with Gasteiger partial charge in [0.05, 0.1) is 18.7 Å². The number of carbonyl (C=O) groups is 1. The van der Waals surface area contributed by atoms with Gasteiger partial charge in [-0.1, -0.05) is 18.2 Å². The molecule has 0 radical (unpaired) electrons. The summed E-state index contributed by atoms with van der Waals surface area (Å²) < 4.78 is 7.00. The van der Waals surface area contributed by atoms with Gasteiger partial charge in [0.2, 0.25) is 5.91 Å². The minimum absolute atomic E-state index is 0.0852. The molecule has 0 saturated carbocycles. The molecular weight excluding hydrogens is 278 g/mol. The Morgan fingerprint density at radius 3 is 3.00 bits per heavy atom. The first-order chi connectivity index (χ1) is 10.7. The molecule has 1 aromatic carbocycles. The number of amides is 1. The summed E-state index contributed by atoms with van der Waals surface area (Å²) in [5.41, 5.74) is 3.38. The standard InChI is InChI=1S/C17H17N3O2/c1-22-12-13-5-4-6-14(9-13)19-17(21)10-15-11-20-8-3-2-7-16(20)18-15/h2-9,11H,10,12H2,1H3,(H,19,21). The number of nitrogens with zero attached hydrogens (tertiary/aromatic N) is 2. The molecule has 5 nitrogen and oxygen atoms in total. The molecule has 0 aliphatic rings. The summed E-state index contributed by atoms with van der Waals surface area (Å²) in [6.07, 6.45) is 4.03. The average molecular weight is 295 g/mol. The first kappa shape index (κ1) is 14.3. The lowest BCUT2D eigenvalue weighted by molar-refractivity contribution is -0.115. The fourth-order valence-electron chi connectivity index (χ4n) is 2.35. The van der Waals surface area contributed by atoms with Crippen LogP contribution < -0.4 is 5.32 Å². The van der Waals surface area contributed by atoms with Crippen LogP contribution in [-0.4, -0.2) is 22.4 Å². The SMILES string of the molecule is COCc1cccc(NC(=O)Cc2cn3ccccc3n2)c1. The second-order valence-electron chi connectivity index (χ2n) is 5.06. The van der Waals surface area contributed by atoms with Crippen molar-refractivity contribution in [2.45, 2.75) is 13.0 Å². The third kappa shape index (κ3) is 3.32. The second kappa shape index (κ2) is 6.41. The van der Waals surface area contributed by atoms with Crippen LogP contribution in [0.2, 0.25) is 0 Å². The average Bonchev–Trinajstić information content (AvgIpc) is 2.89. The van der Waals surface area contributed by atoms with Gasteiger partial charge in [-0.15, -0.1) is 0 Å². The summed E-state index contributed by atoms with van der Waals surface area (Å²) in [7, 11) is 1.65. The van der Waals surface area contributed by atoms with Crippen molar-refractivity contribution in [3.05, 3.63) is 66.1 Å². The van der Waals surface area contributed by atoms with Crippen molar-refractivity contribution >= 4 is 17.2 Å². The first-order valence-electron chi connectivity index (χ1n) is 7.05. The summed E-state index contributed by atoms with van der Waals surface area (Å²) in [6.45, 7) is 0.524. The van der Waals surface area contributed by atoms with E-state index in [1.165, 1.54) is 0 Å². The molecule has 3 rings (SSSR count). The van der Waals surface area contributed by atoms with E-state index in [9.17, 15) is 4.79 Å². The van der Waals surface area contributed by atoms with E-state index >= 15 is 0 Å². The highest BCUT2D eigenvalue weighted by molar-refractivity contribution is 5.92. The summed E-state index contributed by atoms with van der Waals surface area (Å²) in [4.78, 5) is 16.6. The summed E-state index contributed by atoms with van der Waals surface area (Å²) >= 11 is 0. The van der Waals surface area contributed by atoms with Crippen molar-refractivity contribution in [3.8, 4) is 0 Å². The Morgan fingerprint density at radius 1 is 1.27 bits per heavy atom. The normalized spacial score (nSPS) is 10.8. The quantitative estimate of drug-likeness (QED) is 0.787. The topological polar surface area (TPSA) is 55.6 Å². The van der Waals surface area contributed by atoms with E-state index in [2.05, 4.69) is 10.3 Å². The Bertz CT molecular complexity index is 762. The van der Waals surface area contributed by atoms with Crippen LogP contribution in [0.3, 0.4) is 0 Å². The van der Waals surface area contributed by atoms with Crippen LogP contribution in [0.5, 0.6) is 0 Å². The van der Waals surface area contributed by atoms with Gasteiger partial charge in [-0.2, -0.15) is 0 Å². The van der Waals surface area contributed by atoms with Crippen LogP contribution in [0.4, 0.5) is 5.69 Å². The van der Waals surface area contributed by atoms with E-state index in [1.54, 1.807) is 7.11 Å². The third-order valence-electron chi connectivity index (χ3n) is 3.28. The molecule has 0 bridgehead atoms. The van der Waals surface area contributed by atoms with E-state index in [1.807, 2.05) is 59.3 Å². The fourth-order valence-corrected chi connectivity index (χ4v) is 2.35. The number of ether oxygens (including phenoxy) is 1. The van der Waals surface area contributed by atoms with Crippen LogP contribution in [-0.2, 0) is 22.6 Å². The molecule has 0 aliphatic heterocycles. The Kier molecular flexibility index (Phi) is 4.16. The van der Waals surface area contributed by atoms with Crippen molar-refractivity contribution in [3.63, 3.8) is 0 Å². The Morgan fingerprint density at radius 2 is 2.18 bits per heavy atom. The molecule has 0 unspecified atom stereocenters. The lowest BCUT2D eigenvalue weighted by Crippen LogP contribution is -2.14. The number of hydrogen-bond acceptors (Lipinski definition) is 3. The summed E-state index contributed by atoms with van der Waals surface area (Å²) in [5, 5.41) is 2.89. The first-order valence-corrected chi connectivity index (χ1v) is 7.05. The lowest BCUT2D eigenvalue weighted by Gasteiger charge is -2.06. The van der Waals surface area contributed by atoms with Gasteiger partial charge in [0.1, 0.15) is 5.65 Å². The van der Waals surface area contributed by atoms with Crippen LogP contribution in [0.1, 0.15) is 11.3 Å². The molecule has 0 aliphatic carbocycles. The predicted octanol–water partition coefficient (Wildman–Crippen LogP) is 2.66. The number of methoxy groups -OCH3 is 1. The van der Waals surface area contributed by atoms with E-state index in [-0.39, 0.29) is 12.3 Å². The van der Waals surface area contributed by atoms with Gasteiger partial charge in [-0.05, 0) is 29.8 Å². The smallest absolute Gasteiger partial charge is 0.230 e. The van der Waals surface area contributed by atoms with Crippen LogP contribution in [0.25, 0.3) is 5.65 Å². The molecule has 0 atom stereocenters. The highest BCUT2D eigenvalue weighted by Gasteiger charge is 2.08. The van der Waals surface area contributed by atoms with Crippen molar-refractivity contribution in [2.75, 3.05) is 12.4 Å². The number of hydrogen-bond donors (Lipinski definition) is 1. The van der Waals surface area contributed by atoms with E-state index in [0.717, 1.165) is 22.6 Å². The minimum atomic E-state index is -0.0852. The predicted molar refractivity (Wildman–Crippen MR) is 84.7 cm³/mol. The third-order valence-corrected chi connectivity index (χ3v) is 3.28. The van der Waals surface area contributed by atoms with Gasteiger partial charge in [-0.3, -0.25) is 4.79 Å². The fraction of sp³-hybridized carbons (Fsp3) is 0.176. The maximum atomic E-state index is 12.1. The maximum Gasteiger partial charge on any atom is 0.230 e. The maximum absolute atomic E-state index is 12.1. The van der Waals surface area contributed by atoms with Crippen molar-refractivity contribution in [2.24, 2.45) is 0 Å². The zero-order valence-electron chi connectivity index (χ0n) is 12.3. The van der Waals surface area contributed by atoms with Gasteiger partial charge < -0.3 is 14.5 Å². The van der Waals surface area contributed by atoms with Crippen molar-refractivity contribution in [1.82, 2.24) is 9.38 Å². The van der Waals surface area contributed by atoms with Crippen molar-refractivity contribution < 1.29 is 9.53 Å². The van der Waals surface area contributed by atoms with Crippen LogP contribution >= 0.6 is 0 Å². The number of carbonyl (C=O) groups excluding carboxylic acids is 1. The van der Waals surface area contributed by atoms with Gasteiger partial charge in [0, 0.05) is 25.2 Å². The molecule has 1 amide bonds. The number of pyridine rings is 1. The molecule has 0 spiro atoms. The lowest BCUT2D eigenvalue weighted by atomic mass is 10.2. The molecule has 0 saturated heterocycles. The van der Waals surface area contributed by atoms with Crippen LogP contribution in [0.15, 0.2) is 54.9 Å². The van der Waals surface area contributed by atoms with Crippen molar-refractivity contribution in [1.29, 1.82) is 0 Å². The van der Waals surface area contributed by atoms with Gasteiger partial charge in [0.25, 0.3) is 0 Å². The number of imidazole rings is 1. The number of aromatic nitrogens is 2. The molecule has 1 N–H and O–H groups in total. The highest BCUT2D eigenvalue weighted by Crippen LogP contribution is 2.12. The number of anilines is 1. The zero-order chi connectivity index (χ0) is 15.4. The molecule has 2 aromatic heterocycles. The molecule has 22 heavy (non-hydrogen) atoms. The molecule has 3 aromatic rings. The highest BCUT2D eigenvalue weighted by atomic mass is 16.5. The Balaban J connectivity index is 1.68. The van der Waals surface area contributed by atoms with E-state index in [0.29, 0.717) is 6.61 Å². The van der Waals surface area contributed by atoms with Gasteiger partial charge >= 0.3 is 0 Å². The van der Waals surface area contributed by atoms with Gasteiger partial charge in [0.15, 0.2) is 0 Å². The molecule has 5 heteroatoms. The molecule has 0 fully saturated rings. The summed E-state index contributed by atoms with van der Waals surface area (Å²) in [6, 6.07) is 13.4. The molecular formula is C17H17N3O2. The number of fused-ring (bicyclic) bond motifs is 1.